The van der Waals surface area contributed by atoms with Gasteiger partial charge in [-0.1, -0.05) is 12.1 Å². The zero-order valence-corrected chi connectivity index (χ0v) is 13.2. The first-order valence-corrected chi connectivity index (χ1v) is 7.60. The third-order valence-electron chi connectivity index (χ3n) is 4.44. The smallest absolute Gasteiger partial charge is 0.126 e. The van der Waals surface area contributed by atoms with Crippen LogP contribution in [0.2, 0.25) is 0 Å². The minimum Gasteiger partial charge on any atom is -0.496 e. The van der Waals surface area contributed by atoms with Gasteiger partial charge in [0.05, 0.1) is 13.2 Å². The van der Waals surface area contributed by atoms with Crippen molar-refractivity contribution in [1.29, 1.82) is 0 Å². The molecule has 1 aliphatic rings. The minimum absolute atomic E-state index is 0.327. The number of hydrogen-bond donors (Lipinski definition) is 1. The van der Waals surface area contributed by atoms with Crippen molar-refractivity contribution in [1.82, 2.24) is 5.32 Å². The average Bonchev–Trinajstić information content (AvgIpc) is 2.96. The van der Waals surface area contributed by atoms with Gasteiger partial charge in [0.25, 0.3) is 0 Å². The minimum atomic E-state index is 0.327. The molecule has 112 valence electrons. The molecule has 2 rings (SSSR count). The molecule has 1 aliphatic heterocycles. The monoisotopic (exact) mass is 277 g/mol. The molecule has 0 aliphatic carbocycles. The quantitative estimate of drug-likeness (QED) is 0.863. The van der Waals surface area contributed by atoms with Gasteiger partial charge in [-0.2, -0.15) is 0 Å². The molecule has 3 heteroatoms. The van der Waals surface area contributed by atoms with Crippen LogP contribution in [0.5, 0.6) is 5.75 Å². The molecule has 0 amide bonds. The van der Waals surface area contributed by atoms with Gasteiger partial charge in [0.1, 0.15) is 5.75 Å². The van der Waals surface area contributed by atoms with Crippen LogP contribution in [-0.2, 0) is 4.74 Å². The molecular formula is C17H27NO2. The van der Waals surface area contributed by atoms with Crippen LogP contribution in [0.4, 0.5) is 0 Å². The van der Waals surface area contributed by atoms with Crippen LogP contribution < -0.4 is 10.1 Å². The second-order valence-electron chi connectivity index (χ2n) is 5.68. The highest BCUT2D eigenvalue weighted by Gasteiger charge is 2.21. The summed E-state index contributed by atoms with van der Waals surface area (Å²) in [7, 11) is 3.78. The van der Waals surface area contributed by atoms with Crippen LogP contribution in [0.15, 0.2) is 12.1 Å². The van der Waals surface area contributed by atoms with Gasteiger partial charge >= 0.3 is 0 Å². The van der Waals surface area contributed by atoms with Crippen molar-refractivity contribution in [3.05, 3.63) is 28.8 Å². The molecule has 1 aromatic carbocycles. The van der Waals surface area contributed by atoms with E-state index in [1.807, 2.05) is 7.05 Å². The van der Waals surface area contributed by atoms with Gasteiger partial charge < -0.3 is 14.8 Å². The molecule has 20 heavy (non-hydrogen) atoms. The van der Waals surface area contributed by atoms with Gasteiger partial charge in [-0.3, -0.25) is 0 Å². The number of aryl methyl sites for hydroxylation is 1. The fourth-order valence-electron chi connectivity index (χ4n) is 3.04. The highest BCUT2D eigenvalue weighted by Crippen LogP contribution is 2.33. The largest absolute Gasteiger partial charge is 0.496 e. The lowest BCUT2D eigenvalue weighted by molar-refractivity contribution is 0.0997. The molecule has 0 saturated carbocycles. The summed E-state index contributed by atoms with van der Waals surface area (Å²) in [6.45, 7) is 5.19. The van der Waals surface area contributed by atoms with Crippen LogP contribution >= 0.6 is 0 Å². The van der Waals surface area contributed by atoms with E-state index in [-0.39, 0.29) is 0 Å². The molecule has 0 radical (unpaired) electrons. The van der Waals surface area contributed by atoms with E-state index in [1.165, 1.54) is 29.5 Å². The third-order valence-corrected chi connectivity index (χ3v) is 4.44. The standard InChI is InChI=1S/C17H27NO2/c1-12-7-9-15(17(19-4)13(12)2)16(18-3)10-8-14-6-5-11-20-14/h7,9,14,16,18H,5-6,8,10-11H2,1-4H3. The second-order valence-corrected chi connectivity index (χ2v) is 5.68. The van der Waals surface area contributed by atoms with Crippen molar-refractivity contribution in [3.63, 3.8) is 0 Å². The summed E-state index contributed by atoms with van der Waals surface area (Å²) >= 11 is 0. The van der Waals surface area contributed by atoms with E-state index in [9.17, 15) is 0 Å². The van der Waals surface area contributed by atoms with E-state index in [1.54, 1.807) is 7.11 Å². The maximum atomic E-state index is 5.72. The first-order valence-electron chi connectivity index (χ1n) is 7.60. The molecule has 1 N–H and O–H groups in total. The van der Waals surface area contributed by atoms with Crippen molar-refractivity contribution in [2.45, 2.75) is 51.7 Å². The number of ether oxygens (including phenoxy) is 2. The molecule has 2 unspecified atom stereocenters. The first kappa shape index (κ1) is 15.3. The molecule has 1 saturated heterocycles. The number of methoxy groups -OCH3 is 1. The Labute approximate surface area is 122 Å². The van der Waals surface area contributed by atoms with Crippen LogP contribution in [0, 0.1) is 13.8 Å². The van der Waals surface area contributed by atoms with Crippen molar-refractivity contribution in [2.75, 3.05) is 20.8 Å². The SMILES string of the molecule is CNC(CCC1CCCO1)c1ccc(C)c(C)c1OC. The number of hydrogen-bond acceptors (Lipinski definition) is 3. The Bertz CT molecular complexity index is 439. The second kappa shape index (κ2) is 7.09. The number of benzene rings is 1. The summed E-state index contributed by atoms with van der Waals surface area (Å²) in [6, 6.07) is 4.70. The lowest BCUT2D eigenvalue weighted by atomic mass is 9.95. The highest BCUT2D eigenvalue weighted by molar-refractivity contribution is 5.46. The van der Waals surface area contributed by atoms with E-state index in [2.05, 4.69) is 31.3 Å². The molecule has 0 bridgehead atoms. The van der Waals surface area contributed by atoms with Crippen molar-refractivity contribution in [2.24, 2.45) is 0 Å². The Balaban J connectivity index is 2.11. The van der Waals surface area contributed by atoms with Gasteiger partial charge in [-0.05, 0) is 57.7 Å². The van der Waals surface area contributed by atoms with E-state index in [0.29, 0.717) is 12.1 Å². The molecule has 2 atom stereocenters. The maximum Gasteiger partial charge on any atom is 0.126 e. The van der Waals surface area contributed by atoms with Gasteiger partial charge in [0, 0.05) is 18.2 Å². The Hall–Kier alpha value is -1.06. The van der Waals surface area contributed by atoms with E-state index in [4.69, 9.17) is 9.47 Å². The summed E-state index contributed by atoms with van der Waals surface area (Å²) in [6.07, 6.45) is 5.06. The Morgan fingerprint density at radius 1 is 1.40 bits per heavy atom. The number of rotatable bonds is 6. The molecule has 3 nitrogen and oxygen atoms in total. The summed E-state index contributed by atoms with van der Waals surface area (Å²) in [5.41, 5.74) is 3.78. The molecular weight excluding hydrogens is 250 g/mol. The third kappa shape index (κ3) is 3.33. The predicted molar refractivity (Wildman–Crippen MR) is 82.5 cm³/mol. The Morgan fingerprint density at radius 3 is 2.80 bits per heavy atom. The van der Waals surface area contributed by atoms with E-state index in [0.717, 1.165) is 25.2 Å². The first-order chi connectivity index (χ1) is 9.67. The summed E-state index contributed by atoms with van der Waals surface area (Å²) < 4.78 is 11.4. The van der Waals surface area contributed by atoms with E-state index < -0.39 is 0 Å². The lowest BCUT2D eigenvalue weighted by Gasteiger charge is -2.22. The average molecular weight is 277 g/mol. The highest BCUT2D eigenvalue weighted by atomic mass is 16.5. The molecule has 1 fully saturated rings. The van der Waals surface area contributed by atoms with Gasteiger partial charge in [0.2, 0.25) is 0 Å². The summed E-state index contributed by atoms with van der Waals surface area (Å²) in [4.78, 5) is 0. The fourth-order valence-corrected chi connectivity index (χ4v) is 3.04. The Kier molecular flexibility index (Phi) is 5.44. The van der Waals surface area contributed by atoms with Crippen molar-refractivity contribution in [3.8, 4) is 5.75 Å². The summed E-state index contributed by atoms with van der Waals surface area (Å²) in [5.74, 6) is 1.02. The van der Waals surface area contributed by atoms with Crippen LogP contribution in [0.3, 0.4) is 0 Å². The lowest BCUT2D eigenvalue weighted by Crippen LogP contribution is -2.20. The normalized spacial score (nSPS) is 20.1. The maximum absolute atomic E-state index is 5.72. The van der Waals surface area contributed by atoms with Gasteiger partial charge in [0.15, 0.2) is 0 Å². The molecule has 0 spiro atoms. The zero-order valence-electron chi connectivity index (χ0n) is 13.2. The zero-order chi connectivity index (χ0) is 14.5. The van der Waals surface area contributed by atoms with Gasteiger partial charge in [-0.25, -0.2) is 0 Å². The van der Waals surface area contributed by atoms with Gasteiger partial charge in [-0.15, -0.1) is 0 Å². The van der Waals surface area contributed by atoms with Crippen LogP contribution in [0.1, 0.15) is 48.4 Å². The number of nitrogens with one attached hydrogen (secondary N) is 1. The van der Waals surface area contributed by atoms with Crippen LogP contribution in [0.25, 0.3) is 0 Å². The molecule has 0 aromatic heterocycles. The fraction of sp³-hybridized carbons (Fsp3) is 0.647. The molecule has 1 heterocycles. The van der Waals surface area contributed by atoms with Crippen LogP contribution in [-0.4, -0.2) is 26.9 Å². The van der Waals surface area contributed by atoms with E-state index >= 15 is 0 Å². The van der Waals surface area contributed by atoms with Crippen molar-refractivity contribution < 1.29 is 9.47 Å². The molecule has 1 aromatic rings. The Morgan fingerprint density at radius 2 is 2.20 bits per heavy atom. The van der Waals surface area contributed by atoms with Crippen molar-refractivity contribution >= 4 is 0 Å². The summed E-state index contributed by atoms with van der Waals surface area (Å²) in [5, 5.41) is 3.43. The predicted octanol–water partition coefficient (Wildman–Crippen LogP) is 3.53. The topological polar surface area (TPSA) is 30.5 Å².